The van der Waals surface area contributed by atoms with E-state index in [0.29, 0.717) is 19.4 Å². The minimum atomic E-state index is -3.75. The summed E-state index contributed by atoms with van der Waals surface area (Å²) < 4.78 is 30.0. The van der Waals surface area contributed by atoms with Crippen molar-refractivity contribution in [3.8, 4) is 0 Å². The third-order valence-electron chi connectivity index (χ3n) is 4.73. The highest BCUT2D eigenvalue weighted by Gasteiger charge is 2.60. The summed E-state index contributed by atoms with van der Waals surface area (Å²) >= 11 is 0. The van der Waals surface area contributed by atoms with Crippen LogP contribution in [-0.2, 0) is 17.8 Å². The van der Waals surface area contributed by atoms with Crippen LogP contribution in [0.5, 0.6) is 0 Å². The highest BCUT2D eigenvalue weighted by molar-refractivity contribution is 5.85. The van der Waals surface area contributed by atoms with Crippen molar-refractivity contribution in [1.29, 1.82) is 0 Å². The van der Waals surface area contributed by atoms with Crippen LogP contribution in [0.1, 0.15) is 32.0 Å². The Labute approximate surface area is 138 Å². The number of carbonyl (C=O) groups is 1. The van der Waals surface area contributed by atoms with Gasteiger partial charge in [-0.25, -0.2) is 4.98 Å². The van der Waals surface area contributed by atoms with Gasteiger partial charge in [0.1, 0.15) is 11.4 Å². The number of imidazole rings is 1. The van der Waals surface area contributed by atoms with E-state index in [1.165, 1.54) is 0 Å². The van der Waals surface area contributed by atoms with Gasteiger partial charge in [-0.05, 0) is 38.3 Å². The minimum Gasteiger partial charge on any atom is -0.383 e. The fourth-order valence-electron chi connectivity index (χ4n) is 3.10. The van der Waals surface area contributed by atoms with E-state index >= 15 is 0 Å². The van der Waals surface area contributed by atoms with Crippen molar-refractivity contribution in [1.82, 2.24) is 14.9 Å². The first-order valence-electron chi connectivity index (χ1n) is 8.22. The molecule has 0 atom stereocenters. The molecule has 0 unspecified atom stereocenters. The van der Waals surface area contributed by atoms with Crippen LogP contribution in [0, 0.1) is 0 Å². The van der Waals surface area contributed by atoms with E-state index < -0.39 is 17.4 Å². The molecule has 0 spiro atoms. The van der Waals surface area contributed by atoms with Gasteiger partial charge >= 0.3 is 5.92 Å². The molecule has 7 heteroatoms. The third-order valence-corrected chi connectivity index (χ3v) is 4.73. The van der Waals surface area contributed by atoms with Gasteiger partial charge in [0, 0.05) is 19.5 Å². The van der Waals surface area contributed by atoms with Crippen molar-refractivity contribution in [3.63, 3.8) is 0 Å². The normalized spacial score (nSPS) is 16.8. The van der Waals surface area contributed by atoms with Gasteiger partial charge in [-0.15, -0.1) is 0 Å². The van der Waals surface area contributed by atoms with Crippen molar-refractivity contribution in [2.24, 2.45) is 0 Å². The first kappa shape index (κ1) is 16.8. The molecular weight excluding hydrogens is 316 g/mol. The maximum absolute atomic E-state index is 14.0. The molecule has 1 aromatic carbocycles. The SMILES string of the molecule is CCn1c(CCNC(=O)C(F)(F)C2(O)CCC2)nc2ccccc21. The van der Waals surface area contributed by atoms with Crippen molar-refractivity contribution in [2.75, 3.05) is 6.54 Å². The van der Waals surface area contributed by atoms with Gasteiger partial charge in [0.25, 0.3) is 5.91 Å². The van der Waals surface area contributed by atoms with Gasteiger partial charge in [-0.1, -0.05) is 12.1 Å². The lowest BCUT2D eigenvalue weighted by Crippen LogP contribution is -2.60. The van der Waals surface area contributed by atoms with E-state index in [9.17, 15) is 18.7 Å². The zero-order valence-corrected chi connectivity index (χ0v) is 13.6. The maximum Gasteiger partial charge on any atom is 0.352 e. The molecule has 1 fully saturated rings. The highest BCUT2D eigenvalue weighted by atomic mass is 19.3. The van der Waals surface area contributed by atoms with E-state index in [0.717, 1.165) is 16.9 Å². The molecule has 2 aromatic rings. The molecule has 1 aromatic heterocycles. The van der Waals surface area contributed by atoms with E-state index in [2.05, 4.69) is 10.3 Å². The number of hydrogen-bond donors (Lipinski definition) is 2. The van der Waals surface area contributed by atoms with Crippen LogP contribution in [0.2, 0.25) is 0 Å². The highest BCUT2D eigenvalue weighted by Crippen LogP contribution is 2.44. The second-order valence-corrected chi connectivity index (χ2v) is 6.23. The number of hydrogen-bond acceptors (Lipinski definition) is 3. The summed E-state index contributed by atoms with van der Waals surface area (Å²) in [6, 6.07) is 7.65. The zero-order chi connectivity index (χ0) is 17.4. The van der Waals surface area contributed by atoms with Crippen LogP contribution >= 0.6 is 0 Å². The number of rotatable bonds is 6. The number of aromatic nitrogens is 2. The number of benzene rings is 1. The fourth-order valence-corrected chi connectivity index (χ4v) is 3.10. The first-order valence-corrected chi connectivity index (χ1v) is 8.22. The Bertz CT molecular complexity index is 753. The van der Waals surface area contributed by atoms with Crippen LogP contribution in [0.3, 0.4) is 0 Å². The molecule has 24 heavy (non-hydrogen) atoms. The molecular formula is C17H21F2N3O2. The average Bonchev–Trinajstić information content (AvgIpc) is 2.89. The molecule has 0 aliphatic heterocycles. The number of aliphatic hydroxyl groups is 1. The quantitative estimate of drug-likeness (QED) is 0.850. The maximum atomic E-state index is 14.0. The molecule has 1 aliphatic rings. The van der Waals surface area contributed by atoms with E-state index in [1.54, 1.807) is 0 Å². The van der Waals surface area contributed by atoms with Gasteiger partial charge < -0.3 is 15.0 Å². The monoisotopic (exact) mass is 337 g/mol. The predicted molar refractivity (Wildman–Crippen MR) is 85.9 cm³/mol. The number of carbonyl (C=O) groups excluding carboxylic acids is 1. The Morgan fingerprint density at radius 1 is 1.42 bits per heavy atom. The van der Waals surface area contributed by atoms with Gasteiger partial charge in [0.2, 0.25) is 0 Å². The summed E-state index contributed by atoms with van der Waals surface area (Å²) in [5.41, 5.74) is -0.363. The number of para-hydroxylation sites is 2. The summed E-state index contributed by atoms with van der Waals surface area (Å²) in [6.45, 7) is 2.74. The molecule has 5 nitrogen and oxygen atoms in total. The standard InChI is InChI=1S/C17H21F2N3O2/c1-2-22-13-7-4-3-6-12(13)21-14(22)8-11-20-15(23)17(18,19)16(24)9-5-10-16/h3-4,6-7,24H,2,5,8-11H2,1H3,(H,20,23). The van der Waals surface area contributed by atoms with Gasteiger partial charge in [-0.2, -0.15) is 8.78 Å². The molecule has 1 heterocycles. The fraction of sp³-hybridized carbons (Fsp3) is 0.529. The number of alkyl halides is 2. The molecule has 0 saturated heterocycles. The van der Waals surface area contributed by atoms with E-state index in [-0.39, 0.29) is 19.4 Å². The van der Waals surface area contributed by atoms with Crippen molar-refractivity contribution >= 4 is 16.9 Å². The molecule has 2 N–H and O–H groups in total. The topological polar surface area (TPSA) is 67.2 Å². The smallest absolute Gasteiger partial charge is 0.352 e. The molecule has 0 bridgehead atoms. The molecule has 1 aliphatic carbocycles. The molecule has 130 valence electrons. The Morgan fingerprint density at radius 2 is 2.12 bits per heavy atom. The molecule has 3 rings (SSSR count). The number of nitrogens with zero attached hydrogens (tertiary/aromatic N) is 2. The third kappa shape index (κ3) is 2.66. The van der Waals surface area contributed by atoms with Crippen LogP contribution < -0.4 is 5.32 Å². The zero-order valence-electron chi connectivity index (χ0n) is 13.6. The predicted octanol–water partition coefficient (Wildman–Crippen LogP) is 2.27. The van der Waals surface area contributed by atoms with Crippen molar-refractivity contribution in [2.45, 2.75) is 50.7 Å². The second kappa shape index (κ2) is 6.12. The van der Waals surface area contributed by atoms with Gasteiger partial charge in [-0.3, -0.25) is 4.79 Å². The van der Waals surface area contributed by atoms with E-state index in [1.807, 2.05) is 35.8 Å². The number of halogens is 2. The van der Waals surface area contributed by atoms with Crippen LogP contribution in [0.25, 0.3) is 11.0 Å². The Kier molecular flexibility index (Phi) is 4.29. The Morgan fingerprint density at radius 3 is 2.75 bits per heavy atom. The van der Waals surface area contributed by atoms with Gasteiger partial charge in [0.05, 0.1) is 11.0 Å². The Balaban J connectivity index is 1.65. The summed E-state index contributed by atoms with van der Waals surface area (Å²) in [4.78, 5) is 16.3. The number of nitrogens with one attached hydrogen (secondary N) is 1. The number of fused-ring (bicyclic) bond motifs is 1. The number of amides is 1. The van der Waals surface area contributed by atoms with Crippen molar-refractivity contribution in [3.05, 3.63) is 30.1 Å². The van der Waals surface area contributed by atoms with Gasteiger partial charge in [0.15, 0.2) is 0 Å². The second-order valence-electron chi connectivity index (χ2n) is 6.23. The minimum absolute atomic E-state index is 0.0426. The molecule has 0 radical (unpaired) electrons. The summed E-state index contributed by atoms with van der Waals surface area (Å²) in [6.07, 6.45) is 0.779. The van der Waals surface area contributed by atoms with Crippen molar-refractivity contribution < 1.29 is 18.7 Å². The van der Waals surface area contributed by atoms with Crippen LogP contribution in [0.4, 0.5) is 8.78 Å². The van der Waals surface area contributed by atoms with E-state index in [4.69, 9.17) is 0 Å². The molecule has 1 saturated carbocycles. The van der Waals surface area contributed by atoms with Crippen LogP contribution in [-0.4, -0.2) is 38.6 Å². The lowest BCUT2D eigenvalue weighted by molar-refractivity contribution is -0.215. The molecule has 1 amide bonds. The summed E-state index contributed by atoms with van der Waals surface area (Å²) in [5, 5.41) is 12.0. The lowest BCUT2D eigenvalue weighted by atomic mass is 9.75. The Hall–Kier alpha value is -2.02. The first-order chi connectivity index (χ1) is 11.4. The average molecular weight is 337 g/mol. The summed E-state index contributed by atoms with van der Waals surface area (Å²) in [5.74, 6) is -4.43. The largest absolute Gasteiger partial charge is 0.383 e. The summed E-state index contributed by atoms with van der Waals surface area (Å²) in [7, 11) is 0. The van der Waals surface area contributed by atoms with Crippen LogP contribution in [0.15, 0.2) is 24.3 Å². The number of aryl methyl sites for hydroxylation is 1. The lowest BCUT2D eigenvalue weighted by Gasteiger charge is -2.41.